The molecule has 0 aromatic heterocycles. The van der Waals surface area contributed by atoms with Gasteiger partial charge < -0.3 is 15.4 Å². The Kier molecular flexibility index (Phi) is 9.14. The van der Waals surface area contributed by atoms with Gasteiger partial charge in [0, 0.05) is 21.4 Å². The van der Waals surface area contributed by atoms with Gasteiger partial charge in [0.1, 0.15) is 5.75 Å². The number of ether oxygens (including phenoxy) is 1. The summed E-state index contributed by atoms with van der Waals surface area (Å²) >= 11 is 3.37. The van der Waals surface area contributed by atoms with E-state index in [1.807, 2.05) is 50.2 Å². The topological polar surface area (TPSA) is 109 Å². The van der Waals surface area contributed by atoms with E-state index in [1.54, 1.807) is 30.3 Å². The lowest BCUT2D eigenvalue weighted by Gasteiger charge is -2.10. The summed E-state index contributed by atoms with van der Waals surface area (Å²) < 4.78 is 6.39. The average Bonchev–Trinajstić information content (AvgIpc) is 2.85. The second-order valence-corrected chi connectivity index (χ2v) is 8.46. The maximum absolute atomic E-state index is 12.2. The van der Waals surface area contributed by atoms with E-state index in [0.717, 1.165) is 15.6 Å². The highest BCUT2D eigenvalue weighted by molar-refractivity contribution is 9.10. The van der Waals surface area contributed by atoms with Crippen LogP contribution in [0.2, 0.25) is 0 Å². The maximum atomic E-state index is 12.2. The molecule has 0 aliphatic heterocycles. The molecule has 3 N–H and O–H groups in total. The monoisotopic (exact) mass is 536 g/mol. The highest BCUT2D eigenvalue weighted by atomic mass is 79.9. The number of halogens is 1. The van der Waals surface area contributed by atoms with Crippen LogP contribution in [0.25, 0.3) is 0 Å². The lowest BCUT2D eigenvalue weighted by molar-refractivity contribution is -0.136. The highest BCUT2D eigenvalue weighted by Gasteiger charge is 2.14. The minimum atomic E-state index is -0.915. The van der Waals surface area contributed by atoms with E-state index >= 15 is 0 Å². The summed E-state index contributed by atoms with van der Waals surface area (Å²) in [4.78, 5) is 36.6. The summed E-state index contributed by atoms with van der Waals surface area (Å²) in [6, 6.07) is 19.8. The van der Waals surface area contributed by atoms with E-state index < -0.39 is 11.8 Å². The van der Waals surface area contributed by atoms with Crippen molar-refractivity contribution < 1.29 is 19.1 Å². The fourth-order valence-corrected chi connectivity index (χ4v) is 3.45. The summed E-state index contributed by atoms with van der Waals surface area (Å²) in [5, 5.41) is 9.21. The first-order valence-corrected chi connectivity index (χ1v) is 11.7. The van der Waals surface area contributed by atoms with Crippen LogP contribution in [-0.4, -0.2) is 30.5 Å². The number of hydrogen-bond donors (Lipinski definition) is 3. The number of anilines is 2. The van der Waals surface area contributed by atoms with Gasteiger partial charge in [-0.05, 0) is 55.3 Å². The van der Waals surface area contributed by atoms with Crippen molar-refractivity contribution in [1.82, 2.24) is 5.43 Å². The van der Waals surface area contributed by atoms with E-state index in [9.17, 15) is 14.4 Å². The molecule has 0 heterocycles. The number of aryl methyl sites for hydroxylation is 2. The van der Waals surface area contributed by atoms with Gasteiger partial charge in [-0.3, -0.25) is 14.4 Å². The number of nitrogens with one attached hydrogen (secondary N) is 3. The van der Waals surface area contributed by atoms with E-state index in [-0.39, 0.29) is 12.5 Å². The quantitative estimate of drug-likeness (QED) is 0.225. The molecule has 35 heavy (non-hydrogen) atoms. The molecule has 0 aliphatic carbocycles. The van der Waals surface area contributed by atoms with Gasteiger partial charge in [-0.2, -0.15) is 5.10 Å². The Bertz CT molecular complexity index is 1240. The predicted octanol–water partition coefficient (Wildman–Crippen LogP) is 4.43. The first-order chi connectivity index (χ1) is 16.9. The third-order valence-corrected chi connectivity index (χ3v) is 5.38. The summed E-state index contributed by atoms with van der Waals surface area (Å²) in [6.07, 6.45) is 2.05. The third kappa shape index (κ3) is 7.79. The molecule has 9 heteroatoms. The number of hydrazone groups is 1. The van der Waals surface area contributed by atoms with Gasteiger partial charge in [0.25, 0.3) is 5.91 Å². The molecule has 0 unspecified atom stereocenters. The summed E-state index contributed by atoms with van der Waals surface area (Å²) in [7, 11) is 0. The molecule has 3 aromatic rings. The number of amides is 3. The standard InChI is InChI=1S/C26H25BrN4O4/c1-3-18-6-4-5-7-22(18)30-25(33)26(34)31-28-15-19-14-20(27)10-13-23(19)35-16-24(32)29-21-11-8-17(2)9-12-21/h4-15H,3,16H2,1-2H3,(H,29,32)(H,30,33)(H,31,34)/b28-15-. The Labute approximate surface area is 211 Å². The Balaban J connectivity index is 1.58. The minimum Gasteiger partial charge on any atom is -0.483 e. The minimum absolute atomic E-state index is 0.220. The molecule has 0 radical (unpaired) electrons. The van der Waals surface area contributed by atoms with Crippen molar-refractivity contribution in [3.05, 3.63) is 87.9 Å². The molecule has 3 rings (SSSR count). The SMILES string of the molecule is CCc1ccccc1NC(=O)C(=O)N/N=C\c1cc(Br)ccc1OCC(=O)Nc1ccc(C)cc1. The molecular formula is C26H25BrN4O4. The molecule has 0 spiro atoms. The summed E-state index contributed by atoms with van der Waals surface area (Å²) in [5.41, 5.74) is 5.96. The van der Waals surface area contributed by atoms with Crippen molar-refractivity contribution in [3.63, 3.8) is 0 Å². The first-order valence-electron chi connectivity index (χ1n) is 10.9. The van der Waals surface area contributed by atoms with Gasteiger partial charge in [-0.15, -0.1) is 0 Å². The molecular weight excluding hydrogens is 512 g/mol. The zero-order valence-electron chi connectivity index (χ0n) is 19.3. The summed E-state index contributed by atoms with van der Waals surface area (Å²) in [5.74, 6) is -1.69. The van der Waals surface area contributed by atoms with Crippen LogP contribution in [0.1, 0.15) is 23.6 Å². The van der Waals surface area contributed by atoms with Crippen LogP contribution in [0.15, 0.2) is 76.3 Å². The van der Waals surface area contributed by atoms with Crippen molar-refractivity contribution in [1.29, 1.82) is 0 Å². The van der Waals surface area contributed by atoms with E-state index in [0.29, 0.717) is 29.1 Å². The maximum Gasteiger partial charge on any atom is 0.329 e. The fraction of sp³-hybridized carbons (Fsp3) is 0.154. The number of hydrogen-bond acceptors (Lipinski definition) is 5. The normalized spacial score (nSPS) is 10.6. The van der Waals surface area contributed by atoms with Crippen LogP contribution >= 0.6 is 15.9 Å². The number of carbonyl (C=O) groups excluding carboxylic acids is 3. The Morgan fingerprint density at radius 2 is 1.71 bits per heavy atom. The Hall–Kier alpha value is -3.98. The van der Waals surface area contributed by atoms with Gasteiger partial charge in [-0.1, -0.05) is 58.7 Å². The fourth-order valence-electron chi connectivity index (χ4n) is 3.07. The smallest absolute Gasteiger partial charge is 0.329 e. The zero-order chi connectivity index (χ0) is 25.2. The zero-order valence-corrected chi connectivity index (χ0v) is 20.9. The van der Waals surface area contributed by atoms with Crippen molar-refractivity contribution in [2.75, 3.05) is 17.2 Å². The largest absolute Gasteiger partial charge is 0.483 e. The average molecular weight is 537 g/mol. The van der Waals surface area contributed by atoms with Crippen molar-refractivity contribution >= 4 is 51.2 Å². The third-order valence-electron chi connectivity index (χ3n) is 4.89. The Morgan fingerprint density at radius 1 is 0.971 bits per heavy atom. The molecule has 0 fully saturated rings. The Morgan fingerprint density at radius 3 is 2.46 bits per heavy atom. The first kappa shape index (κ1) is 25.6. The lowest BCUT2D eigenvalue weighted by Crippen LogP contribution is -2.32. The second-order valence-electron chi connectivity index (χ2n) is 7.55. The molecule has 0 bridgehead atoms. The molecule has 8 nitrogen and oxygen atoms in total. The molecule has 0 saturated heterocycles. The highest BCUT2D eigenvalue weighted by Crippen LogP contribution is 2.22. The number of carbonyl (C=O) groups is 3. The molecule has 0 aliphatic rings. The van der Waals surface area contributed by atoms with Crippen molar-refractivity contribution in [2.45, 2.75) is 20.3 Å². The van der Waals surface area contributed by atoms with Crippen molar-refractivity contribution in [2.24, 2.45) is 5.10 Å². The van der Waals surface area contributed by atoms with Crippen LogP contribution in [0.3, 0.4) is 0 Å². The van der Waals surface area contributed by atoms with E-state index in [2.05, 4.69) is 37.1 Å². The number of benzene rings is 3. The van der Waals surface area contributed by atoms with Gasteiger partial charge in [0.2, 0.25) is 0 Å². The van der Waals surface area contributed by atoms with Gasteiger partial charge in [0.15, 0.2) is 6.61 Å². The molecule has 0 saturated carbocycles. The summed E-state index contributed by atoms with van der Waals surface area (Å²) in [6.45, 7) is 3.70. The van der Waals surface area contributed by atoms with Gasteiger partial charge in [-0.25, -0.2) is 5.43 Å². The van der Waals surface area contributed by atoms with Gasteiger partial charge in [0.05, 0.1) is 6.21 Å². The van der Waals surface area contributed by atoms with Crippen molar-refractivity contribution in [3.8, 4) is 5.75 Å². The number of para-hydroxylation sites is 1. The van der Waals surface area contributed by atoms with E-state index in [1.165, 1.54) is 6.21 Å². The van der Waals surface area contributed by atoms with Crippen LogP contribution in [0, 0.1) is 6.92 Å². The number of nitrogens with zero attached hydrogens (tertiary/aromatic N) is 1. The van der Waals surface area contributed by atoms with Gasteiger partial charge >= 0.3 is 11.8 Å². The van der Waals surface area contributed by atoms with Crippen LogP contribution < -0.4 is 20.8 Å². The van der Waals surface area contributed by atoms with E-state index in [4.69, 9.17) is 4.74 Å². The molecule has 0 atom stereocenters. The van der Waals surface area contributed by atoms with Crippen LogP contribution in [0.4, 0.5) is 11.4 Å². The second kappa shape index (κ2) is 12.5. The van der Waals surface area contributed by atoms with Crippen LogP contribution in [-0.2, 0) is 20.8 Å². The lowest BCUT2D eigenvalue weighted by atomic mass is 10.1. The molecule has 3 aromatic carbocycles. The van der Waals surface area contributed by atoms with Crippen LogP contribution in [0.5, 0.6) is 5.75 Å². The molecule has 180 valence electrons. The number of rotatable bonds is 8. The predicted molar refractivity (Wildman–Crippen MR) is 140 cm³/mol. The molecule has 3 amide bonds.